The third-order valence-electron chi connectivity index (χ3n) is 2.51. The van der Waals surface area contributed by atoms with E-state index in [9.17, 15) is 4.79 Å². The summed E-state index contributed by atoms with van der Waals surface area (Å²) in [4.78, 5) is 10.9. The van der Waals surface area contributed by atoms with Gasteiger partial charge < -0.3 is 5.11 Å². The molecule has 0 amide bonds. The van der Waals surface area contributed by atoms with Crippen LogP contribution in [0.4, 0.5) is 0 Å². The van der Waals surface area contributed by atoms with E-state index in [2.05, 4.69) is 0 Å². The van der Waals surface area contributed by atoms with Crippen molar-refractivity contribution in [1.82, 2.24) is 0 Å². The first-order valence-electron chi connectivity index (χ1n) is 5.33. The third-order valence-corrected chi connectivity index (χ3v) is 2.51. The topological polar surface area (TPSA) is 37.3 Å². The molecule has 0 aromatic heterocycles. The summed E-state index contributed by atoms with van der Waals surface area (Å²) in [5.41, 5.74) is 2.80. The zero-order chi connectivity index (χ0) is 12.3. The lowest BCUT2D eigenvalue weighted by Gasteiger charge is -2.24. The van der Waals surface area contributed by atoms with Crippen molar-refractivity contribution in [3.63, 3.8) is 0 Å². The molecule has 0 aliphatic rings. The van der Waals surface area contributed by atoms with Crippen LogP contribution in [0.5, 0.6) is 0 Å². The van der Waals surface area contributed by atoms with Crippen molar-refractivity contribution in [3.8, 4) is 0 Å². The minimum Gasteiger partial charge on any atom is -0.478 e. The maximum atomic E-state index is 10.9. The second-order valence-electron chi connectivity index (χ2n) is 4.96. The minimum atomic E-state index is -0.895. The lowest BCUT2D eigenvalue weighted by atomic mass is 9.80. The van der Waals surface area contributed by atoms with Crippen LogP contribution < -0.4 is 0 Å². The molecule has 86 valence electrons. The van der Waals surface area contributed by atoms with E-state index in [4.69, 9.17) is 5.11 Å². The fourth-order valence-electron chi connectivity index (χ4n) is 1.70. The molecule has 0 saturated heterocycles. The zero-order valence-corrected chi connectivity index (χ0v) is 10.2. The van der Waals surface area contributed by atoms with Crippen molar-refractivity contribution in [3.05, 3.63) is 41.5 Å². The molecule has 0 fully saturated rings. The van der Waals surface area contributed by atoms with Gasteiger partial charge >= 0.3 is 5.97 Å². The molecule has 0 aliphatic heterocycles. The van der Waals surface area contributed by atoms with Gasteiger partial charge in [-0.3, -0.25) is 0 Å². The molecule has 0 atom stereocenters. The summed E-state index contributed by atoms with van der Waals surface area (Å²) < 4.78 is 0. The Balaban J connectivity index is 3.34. The highest BCUT2D eigenvalue weighted by Crippen LogP contribution is 2.35. The molecular formula is C14H18O2. The molecule has 0 heterocycles. The molecule has 2 nitrogen and oxygen atoms in total. The van der Waals surface area contributed by atoms with Crippen molar-refractivity contribution in [1.29, 1.82) is 0 Å². The van der Waals surface area contributed by atoms with Crippen LogP contribution in [-0.4, -0.2) is 11.1 Å². The summed E-state index contributed by atoms with van der Waals surface area (Å²) >= 11 is 0. The fraction of sp³-hybridized carbons (Fsp3) is 0.357. The SMILES string of the molecule is Cc1ccccc1/C(=C/C(=O)O)C(C)(C)C. The normalized spacial score (nSPS) is 12.6. The lowest BCUT2D eigenvalue weighted by Crippen LogP contribution is -2.11. The highest BCUT2D eigenvalue weighted by molar-refractivity contribution is 5.91. The molecule has 0 unspecified atom stereocenters. The summed E-state index contributed by atoms with van der Waals surface area (Å²) in [5.74, 6) is -0.895. The summed E-state index contributed by atoms with van der Waals surface area (Å²) in [6.07, 6.45) is 1.31. The molecule has 0 radical (unpaired) electrons. The van der Waals surface area contributed by atoms with Gasteiger partial charge in [-0.2, -0.15) is 0 Å². The Kier molecular flexibility index (Phi) is 3.53. The van der Waals surface area contributed by atoms with E-state index in [1.807, 2.05) is 52.0 Å². The smallest absolute Gasteiger partial charge is 0.328 e. The van der Waals surface area contributed by atoms with Gasteiger partial charge in [-0.05, 0) is 29.0 Å². The van der Waals surface area contributed by atoms with Crippen molar-refractivity contribution in [2.75, 3.05) is 0 Å². The molecule has 1 N–H and O–H groups in total. The average molecular weight is 218 g/mol. The minimum absolute atomic E-state index is 0.176. The van der Waals surface area contributed by atoms with E-state index >= 15 is 0 Å². The van der Waals surface area contributed by atoms with Gasteiger partial charge in [0.15, 0.2) is 0 Å². The number of aryl methyl sites for hydroxylation is 1. The molecule has 16 heavy (non-hydrogen) atoms. The van der Waals surface area contributed by atoms with E-state index in [1.54, 1.807) is 0 Å². The van der Waals surface area contributed by atoms with Gasteiger partial charge in [-0.1, -0.05) is 45.0 Å². The van der Waals surface area contributed by atoms with Crippen molar-refractivity contribution >= 4 is 11.5 Å². The first kappa shape index (κ1) is 12.5. The van der Waals surface area contributed by atoms with Gasteiger partial charge in [-0.25, -0.2) is 4.79 Å². The second-order valence-corrected chi connectivity index (χ2v) is 4.96. The van der Waals surface area contributed by atoms with Gasteiger partial charge in [0, 0.05) is 6.08 Å². The lowest BCUT2D eigenvalue weighted by molar-refractivity contribution is -0.131. The van der Waals surface area contributed by atoms with Crippen LogP contribution in [0, 0.1) is 12.3 Å². The number of carboxylic acids is 1. The van der Waals surface area contributed by atoms with Gasteiger partial charge in [0.25, 0.3) is 0 Å². The molecule has 0 saturated carbocycles. The number of carbonyl (C=O) groups is 1. The van der Waals surface area contributed by atoms with E-state index in [0.29, 0.717) is 0 Å². The van der Waals surface area contributed by atoms with Crippen molar-refractivity contribution < 1.29 is 9.90 Å². The van der Waals surface area contributed by atoms with E-state index < -0.39 is 5.97 Å². The molecule has 0 aliphatic carbocycles. The average Bonchev–Trinajstić information content (AvgIpc) is 2.13. The Hall–Kier alpha value is -1.57. The molecule has 1 aromatic carbocycles. The third kappa shape index (κ3) is 2.96. The van der Waals surface area contributed by atoms with Gasteiger partial charge in [0.1, 0.15) is 0 Å². The number of carboxylic acid groups (broad SMARTS) is 1. The van der Waals surface area contributed by atoms with E-state index in [0.717, 1.165) is 16.7 Å². The molecule has 0 spiro atoms. The van der Waals surface area contributed by atoms with Crippen LogP contribution in [0.3, 0.4) is 0 Å². The standard InChI is InChI=1S/C14H18O2/c1-10-7-5-6-8-11(10)12(9-13(15)16)14(2,3)4/h5-9H,1-4H3,(H,15,16)/b12-9-. The van der Waals surface area contributed by atoms with Crippen LogP contribution in [0.25, 0.3) is 5.57 Å². The quantitative estimate of drug-likeness (QED) is 0.771. The summed E-state index contributed by atoms with van der Waals surface area (Å²) in [5, 5.41) is 8.92. The predicted octanol–water partition coefficient (Wildman–Crippen LogP) is 3.51. The van der Waals surface area contributed by atoms with Crippen LogP contribution in [0.15, 0.2) is 30.3 Å². The number of hydrogen-bond donors (Lipinski definition) is 1. The molecular weight excluding hydrogens is 200 g/mol. The summed E-state index contributed by atoms with van der Waals surface area (Å²) in [6, 6.07) is 7.86. The van der Waals surface area contributed by atoms with Gasteiger partial charge in [0.05, 0.1) is 0 Å². The predicted molar refractivity (Wildman–Crippen MR) is 66.2 cm³/mol. The molecule has 1 rings (SSSR count). The number of rotatable bonds is 2. The second kappa shape index (κ2) is 4.52. The van der Waals surface area contributed by atoms with Crippen LogP contribution >= 0.6 is 0 Å². The van der Waals surface area contributed by atoms with Gasteiger partial charge in [0.2, 0.25) is 0 Å². The van der Waals surface area contributed by atoms with Gasteiger partial charge in [-0.15, -0.1) is 0 Å². The number of benzene rings is 1. The van der Waals surface area contributed by atoms with Crippen LogP contribution in [-0.2, 0) is 4.79 Å². The Morgan fingerprint density at radius 3 is 2.25 bits per heavy atom. The maximum absolute atomic E-state index is 10.9. The highest BCUT2D eigenvalue weighted by atomic mass is 16.4. The van der Waals surface area contributed by atoms with Crippen molar-refractivity contribution in [2.24, 2.45) is 5.41 Å². The highest BCUT2D eigenvalue weighted by Gasteiger charge is 2.20. The Morgan fingerprint density at radius 2 is 1.81 bits per heavy atom. The maximum Gasteiger partial charge on any atom is 0.328 e. The van der Waals surface area contributed by atoms with E-state index in [-0.39, 0.29) is 5.41 Å². The molecule has 0 bridgehead atoms. The first-order valence-corrected chi connectivity index (χ1v) is 5.33. The molecule has 1 aromatic rings. The monoisotopic (exact) mass is 218 g/mol. The van der Waals surface area contributed by atoms with E-state index in [1.165, 1.54) is 6.08 Å². The fourth-order valence-corrected chi connectivity index (χ4v) is 1.70. The number of aliphatic carboxylic acids is 1. The molecule has 2 heteroatoms. The Morgan fingerprint density at radius 1 is 1.25 bits per heavy atom. The van der Waals surface area contributed by atoms with Crippen LogP contribution in [0.1, 0.15) is 31.9 Å². The summed E-state index contributed by atoms with van der Waals surface area (Å²) in [7, 11) is 0. The summed E-state index contributed by atoms with van der Waals surface area (Å²) in [6.45, 7) is 8.06. The Labute approximate surface area is 96.6 Å². The zero-order valence-electron chi connectivity index (χ0n) is 10.2. The number of hydrogen-bond acceptors (Lipinski definition) is 1. The van der Waals surface area contributed by atoms with Crippen LogP contribution in [0.2, 0.25) is 0 Å². The van der Waals surface area contributed by atoms with Crippen molar-refractivity contribution in [2.45, 2.75) is 27.7 Å². The Bertz CT molecular complexity index is 423. The number of allylic oxidation sites excluding steroid dienone is 1. The largest absolute Gasteiger partial charge is 0.478 e. The first-order chi connectivity index (χ1) is 7.32.